The minimum absolute atomic E-state index is 0.208. The summed E-state index contributed by atoms with van der Waals surface area (Å²) in [6.07, 6.45) is 2.00. The van der Waals surface area contributed by atoms with Crippen LogP contribution in [0, 0.1) is 23.4 Å². The van der Waals surface area contributed by atoms with Gasteiger partial charge in [0.2, 0.25) is 0 Å². The normalized spacial score (nSPS) is 13.7. The number of nitrogens with zero attached hydrogens (tertiary/aromatic N) is 1. The molecule has 0 aliphatic rings. The van der Waals surface area contributed by atoms with E-state index in [1.165, 1.54) is 6.21 Å². The molecule has 1 N–H and O–H groups in total. The molecule has 9 heteroatoms. The number of hydrogen-bond donors (Lipinski definition) is 1. The molecule has 1 rings (SSSR count). The van der Waals surface area contributed by atoms with Gasteiger partial charge in [-0.2, -0.15) is 0 Å². The minimum Gasteiger partial charge on any atom is -0.394 e. The molecule has 0 aliphatic heterocycles. The third-order valence-electron chi connectivity index (χ3n) is 3.42. The van der Waals surface area contributed by atoms with E-state index in [4.69, 9.17) is 5.11 Å². The first-order valence-electron chi connectivity index (χ1n) is 7.49. The summed E-state index contributed by atoms with van der Waals surface area (Å²) in [5.74, 6) is -7.89. The first-order valence-corrected chi connectivity index (χ1v) is 8.29. The van der Waals surface area contributed by atoms with E-state index in [9.17, 15) is 22.8 Å². The van der Waals surface area contributed by atoms with Crippen molar-refractivity contribution in [3.05, 3.63) is 33.6 Å². The van der Waals surface area contributed by atoms with E-state index < -0.39 is 51.4 Å². The number of aliphatic hydroxyl groups is 1. The van der Waals surface area contributed by atoms with Gasteiger partial charge in [-0.05, 0) is 34.8 Å². The lowest BCUT2D eigenvalue weighted by molar-refractivity contribution is -0.140. The van der Waals surface area contributed by atoms with E-state index in [1.807, 2.05) is 0 Å². The van der Waals surface area contributed by atoms with Crippen LogP contribution in [0.15, 0.2) is 15.5 Å². The number of rotatable bonds is 7. The highest BCUT2D eigenvalue weighted by atomic mass is 79.9. The van der Waals surface area contributed by atoms with Gasteiger partial charge in [0.05, 0.1) is 23.0 Å². The summed E-state index contributed by atoms with van der Waals surface area (Å²) in [4.78, 5) is 27.8. The van der Waals surface area contributed by atoms with Crippen molar-refractivity contribution in [2.24, 2.45) is 10.9 Å². The molecular formula is C16H17BrF3NO4. The van der Waals surface area contributed by atoms with Crippen molar-refractivity contribution in [2.45, 2.75) is 32.7 Å². The Morgan fingerprint density at radius 3 is 2.44 bits per heavy atom. The Hall–Kier alpha value is -1.74. The number of hydrogen-bond acceptors (Lipinski definition) is 5. The van der Waals surface area contributed by atoms with Crippen LogP contribution in [0.2, 0.25) is 0 Å². The molecule has 1 aromatic rings. The summed E-state index contributed by atoms with van der Waals surface area (Å²) in [5, 5.41) is 9.05. The van der Waals surface area contributed by atoms with Crippen LogP contribution in [-0.2, 0) is 9.53 Å². The summed E-state index contributed by atoms with van der Waals surface area (Å²) >= 11 is 2.50. The average Bonchev–Trinajstić information content (AvgIpc) is 2.59. The van der Waals surface area contributed by atoms with Gasteiger partial charge in [0, 0.05) is 6.21 Å². The lowest BCUT2D eigenvalue weighted by Crippen LogP contribution is -2.24. The number of aliphatic imine (C=N–C) groups is 1. The van der Waals surface area contributed by atoms with Crippen molar-refractivity contribution < 1.29 is 32.6 Å². The van der Waals surface area contributed by atoms with Crippen LogP contribution in [0.5, 0.6) is 0 Å². The standard InChI is InChI=1S/C16H17BrF3NO4/c1-3-8(6-21-9(4-2)7-22)15(23)25-16(24)10-5-11(18)12(17)14(20)13(10)19/h5-6,8-9,22H,3-4,7H2,1-2H3/t8?,9-/m0/s1. The molecule has 0 aliphatic carbocycles. The number of carbonyl (C=O) groups excluding carboxylic acids is 2. The zero-order valence-corrected chi connectivity index (χ0v) is 15.1. The molecule has 5 nitrogen and oxygen atoms in total. The molecule has 0 radical (unpaired) electrons. The van der Waals surface area contributed by atoms with Crippen LogP contribution < -0.4 is 0 Å². The quantitative estimate of drug-likeness (QED) is 0.239. The number of aliphatic hydroxyl groups excluding tert-OH is 1. The van der Waals surface area contributed by atoms with E-state index >= 15 is 0 Å². The Morgan fingerprint density at radius 1 is 1.28 bits per heavy atom. The van der Waals surface area contributed by atoms with Gasteiger partial charge in [-0.25, -0.2) is 18.0 Å². The Kier molecular flexibility index (Phi) is 8.24. The van der Waals surface area contributed by atoms with Crippen LogP contribution in [0.4, 0.5) is 13.2 Å². The average molecular weight is 424 g/mol. The summed E-state index contributed by atoms with van der Waals surface area (Å²) in [7, 11) is 0. The van der Waals surface area contributed by atoms with E-state index in [0.717, 1.165) is 0 Å². The molecule has 0 amide bonds. The largest absolute Gasteiger partial charge is 0.394 e. The van der Waals surface area contributed by atoms with Gasteiger partial charge >= 0.3 is 11.9 Å². The topological polar surface area (TPSA) is 76.0 Å². The van der Waals surface area contributed by atoms with Crippen molar-refractivity contribution in [3.8, 4) is 0 Å². The van der Waals surface area contributed by atoms with Crippen molar-refractivity contribution in [3.63, 3.8) is 0 Å². The molecular weight excluding hydrogens is 407 g/mol. The molecule has 0 spiro atoms. The van der Waals surface area contributed by atoms with Crippen molar-refractivity contribution in [1.29, 1.82) is 0 Å². The zero-order valence-electron chi connectivity index (χ0n) is 13.6. The first-order chi connectivity index (χ1) is 11.8. The van der Waals surface area contributed by atoms with Gasteiger partial charge in [-0.3, -0.25) is 9.79 Å². The number of halogens is 4. The Balaban J connectivity index is 2.94. The molecule has 0 bridgehead atoms. The van der Waals surface area contributed by atoms with Crippen molar-refractivity contribution >= 4 is 34.1 Å². The summed E-state index contributed by atoms with van der Waals surface area (Å²) in [6, 6.07) is 0.0381. The highest BCUT2D eigenvalue weighted by molar-refractivity contribution is 9.10. The van der Waals surface area contributed by atoms with Crippen molar-refractivity contribution in [1.82, 2.24) is 0 Å². The fraction of sp³-hybridized carbons (Fsp3) is 0.438. The van der Waals surface area contributed by atoms with Gasteiger partial charge in [-0.1, -0.05) is 13.8 Å². The lowest BCUT2D eigenvalue weighted by atomic mass is 10.1. The summed E-state index contributed by atoms with van der Waals surface area (Å²) in [5.41, 5.74) is -1.03. The fourth-order valence-corrected chi connectivity index (χ4v) is 2.07. The molecule has 1 unspecified atom stereocenters. The Morgan fingerprint density at radius 2 is 1.92 bits per heavy atom. The SMILES string of the molecule is CCC(C=N[C@@H](CC)CO)C(=O)OC(=O)c1cc(F)c(Br)c(F)c1F. The molecule has 1 aromatic carbocycles. The van der Waals surface area contributed by atoms with Gasteiger partial charge < -0.3 is 9.84 Å². The maximum absolute atomic E-state index is 13.7. The minimum atomic E-state index is -1.63. The second kappa shape index (κ2) is 9.67. The van der Waals surface area contributed by atoms with Crippen LogP contribution in [0.25, 0.3) is 0 Å². The fourth-order valence-electron chi connectivity index (χ4n) is 1.78. The second-order valence-corrected chi connectivity index (χ2v) is 5.91. The third kappa shape index (κ3) is 5.37. The van der Waals surface area contributed by atoms with Crippen LogP contribution >= 0.6 is 15.9 Å². The van der Waals surface area contributed by atoms with E-state index in [0.29, 0.717) is 12.5 Å². The maximum Gasteiger partial charge on any atom is 0.349 e. The zero-order chi connectivity index (χ0) is 19.1. The highest BCUT2D eigenvalue weighted by Gasteiger charge is 2.26. The molecule has 0 heterocycles. The monoisotopic (exact) mass is 423 g/mol. The number of carbonyl (C=O) groups is 2. The van der Waals surface area contributed by atoms with E-state index in [1.54, 1.807) is 13.8 Å². The molecule has 0 aromatic heterocycles. The number of benzene rings is 1. The molecule has 0 saturated carbocycles. The molecule has 2 atom stereocenters. The van der Waals surface area contributed by atoms with E-state index in [2.05, 4.69) is 25.7 Å². The molecule has 0 saturated heterocycles. The van der Waals surface area contributed by atoms with Gasteiger partial charge in [0.15, 0.2) is 11.6 Å². The number of ether oxygens (including phenoxy) is 1. The summed E-state index contributed by atoms with van der Waals surface area (Å²) < 4.78 is 44.4. The smallest absolute Gasteiger partial charge is 0.349 e. The predicted octanol–water partition coefficient (Wildman–Crippen LogP) is 3.42. The Labute approximate surface area is 151 Å². The summed E-state index contributed by atoms with van der Waals surface area (Å²) in [6.45, 7) is 3.21. The van der Waals surface area contributed by atoms with Gasteiger partial charge in [0.25, 0.3) is 0 Å². The molecule has 138 valence electrons. The Bertz CT molecular complexity index is 678. The van der Waals surface area contributed by atoms with Crippen LogP contribution in [-0.4, -0.2) is 35.9 Å². The highest BCUT2D eigenvalue weighted by Crippen LogP contribution is 2.25. The van der Waals surface area contributed by atoms with Crippen molar-refractivity contribution in [2.75, 3.05) is 6.61 Å². The predicted molar refractivity (Wildman–Crippen MR) is 87.9 cm³/mol. The lowest BCUT2D eigenvalue weighted by Gasteiger charge is -2.11. The second-order valence-electron chi connectivity index (χ2n) is 5.11. The molecule has 25 heavy (non-hydrogen) atoms. The van der Waals surface area contributed by atoms with Gasteiger partial charge in [-0.15, -0.1) is 0 Å². The third-order valence-corrected chi connectivity index (χ3v) is 4.14. The van der Waals surface area contributed by atoms with E-state index in [-0.39, 0.29) is 13.0 Å². The van der Waals surface area contributed by atoms with Crippen LogP contribution in [0.1, 0.15) is 37.0 Å². The van der Waals surface area contributed by atoms with Gasteiger partial charge in [0.1, 0.15) is 11.4 Å². The molecule has 0 fully saturated rings. The van der Waals surface area contributed by atoms with Crippen LogP contribution in [0.3, 0.4) is 0 Å². The number of esters is 2. The first kappa shape index (κ1) is 21.3. The maximum atomic E-state index is 13.7.